The van der Waals surface area contributed by atoms with Crippen LogP contribution < -0.4 is 33.2 Å². The lowest BCUT2D eigenvalue weighted by molar-refractivity contribution is -0.138. The van der Waals surface area contributed by atoms with Crippen molar-refractivity contribution < 1.29 is 19.2 Å². The first-order valence-corrected chi connectivity index (χ1v) is 17.2. The van der Waals surface area contributed by atoms with E-state index in [-0.39, 0.29) is 50.0 Å². The van der Waals surface area contributed by atoms with Crippen LogP contribution in [0.15, 0.2) is 65.7 Å². The molecule has 4 amide bonds. The first-order chi connectivity index (χ1) is 23.8. The number of nitrogens with two attached hydrogens (primary N) is 3. The zero-order chi connectivity index (χ0) is 36.6. The van der Waals surface area contributed by atoms with Crippen molar-refractivity contribution in [2.24, 2.45) is 28.1 Å². The molecule has 1 aliphatic rings. The Labute approximate surface area is 295 Å². The maximum Gasteiger partial charge on any atom is 0.245 e. The van der Waals surface area contributed by atoms with Gasteiger partial charge in [0.1, 0.15) is 18.1 Å². The van der Waals surface area contributed by atoms with Crippen LogP contribution in [0.2, 0.25) is 0 Å². The van der Waals surface area contributed by atoms with E-state index in [2.05, 4.69) is 20.9 Å². The van der Waals surface area contributed by atoms with Crippen molar-refractivity contribution in [1.29, 1.82) is 5.41 Å². The van der Waals surface area contributed by atoms with Crippen molar-refractivity contribution in [2.75, 3.05) is 32.7 Å². The summed E-state index contributed by atoms with van der Waals surface area (Å²) in [5.74, 6) is -1.55. The molecule has 0 spiro atoms. The number of aliphatic imine (C=N–C) groups is 1. The summed E-state index contributed by atoms with van der Waals surface area (Å²) in [5.41, 5.74) is 19.0. The summed E-state index contributed by atoms with van der Waals surface area (Å²) in [7, 11) is 0. The second-order valence-electron chi connectivity index (χ2n) is 13.1. The van der Waals surface area contributed by atoms with Crippen LogP contribution >= 0.6 is 0 Å². The number of amidine groups is 1. The topological polar surface area (TPSA) is 225 Å². The highest BCUT2D eigenvalue weighted by Crippen LogP contribution is 2.12. The van der Waals surface area contributed by atoms with Crippen molar-refractivity contribution in [3.63, 3.8) is 0 Å². The van der Waals surface area contributed by atoms with Gasteiger partial charge in [-0.05, 0) is 49.7 Å². The van der Waals surface area contributed by atoms with Crippen molar-refractivity contribution >= 4 is 35.4 Å². The van der Waals surface area contributed by atoms with Gasteiger partial charge in [0.25, 0.3) is 0 Å². The molecule has 0 bridgehead atoms. The number of nitrogens with zero attached hydrogens (tertiary/aromatic N) is 3. The highest BCUT2D eigenvalue weighted by molar-refractivity contribution is 5.95. The first kappa shape index (κ1) is 39.5. The van der Waals surface area contributed by atoms with E-state index in [1.807, 2.05) is 79.4 Å². The molecule has 14 nitrogen and oxygen atoms in total. The Hall–Kier alpha value is -4.98. The summed E-state index contributed by atoms with van der Waals surface area (Å²) in [5, 5.41) is 16.5. The lowest BCUT2D eigenvalue weighted by Crippen LogP contribution is -2.59. The van der Waals surface area contributed by atoms with Crippen molar-refractivity contribution in [3.05, 3.63) is 71.8 Å². The first-order valence-electron chi connectivity index (χ1n) is 17.2. The largest absolute Gasteiger partial charge is 0.370 e. The molecule has 1 aliphatic heterocycles. The Kier molecular flexibility index (Phi) is 15.7. The van der Waals surface area contributed by atoms with Crippen LogP contribution in [0, 0.1) is 11.3 Å². The van der Waals surface area contributed by atoms with Crippen LogP contribution in [0.4, 0.5) is 0 Å². The summed E-state index contributed by atoms with van der Waals surface area (Å²) in [6, 6.07) is 14.7. The molecule has 1 saturated heterocycles. The Bertz CT molecular complexity index is 1450. The molecular weight excluding hydrogens is 636 g/mol. The minimum atomic E-state index is -1.02. The van der Waals surface area contributed by atoms with Crippen molar-refractivity contribution in [1.82, 2.24) is 25.8 Å². The number of amides is 4. The molecule has 2 aromatic carbocycles. The van der Waals surface area contributed by atoms with Gasteiger partial charge < -0.3 is 43.0 Å². The standard InChI is InChI=1S/C36H54N10O4/c1-24(2)21-30(33(48)42-29(15-16-41-36(39)40)35(50)46-18-10-17-45(19-20-46)25(3)37)44-34(49)31(23-27-13-8-5-9-14-27)43-32(47)28(38)22-26-11-6-4-7-12-26/h4-9,11-14,24,28-31,37H,10,15-23,38H2,1-3H3,(H,42,48)(H,43,47)(H,44,49)(H4,39,40,41)/t28-,29-,30-,31-/m1/s1. The molecule has 0 aliphatic carbocycles. The molecule has 3 rings (SSSR count). The average Bonchev–Trinajstić information content (AvgIpc) is 3.34. The third-order valence-corrected chi connectivity index (χ3v) is 8.50. The van der Waals surface area contributed by atoms with Gasteiger partial charge in [0.15, 0.2) is 5.96 Å². The van der Waals surface area contributed by atoms with Gasteiger partial charge in [-0.3, -0.25) is 29.6 Å². The summed E-state index contributed by atoms with van der Waals surface area (Å²) in [6.07, 6.45) is 1.55. The SMILES string of the molecule is CC(=N)N1CCCN(C(=O)[C@@H](CCN=C(N)N)NC(=O)[C@@H](CC(C)C)NC(=O)[C@@H](Cc2ccccc2)NC(=O)[C@H](N)Cc2ccccc2)CC1. The number of guanidine groups is 1. The van der Waals surface area contributed by atoms with Crippen LogP contribution in [0.1, 0.15) is 51.2 Å². The molecule has 272 valence electrons. The lowest BCUT2D eigenvalue weighted by atomic mass is 10.00. The van der Waals surface area contributed by atoms with Gasteiger partial charge in [0, 0.05) is 39.1 Å². The third-order valence-electron chi connectivity index (χ3n) is 8.50. The zero-order valence-electron chi connectivity index (χ0n) is 29.4. The Morgan fingerprint density at radius 3 is 1.86 bits per heavy atom. The lowest BCUT2D eigenvalue weighted by Gasteiger charge is -2.29. The second kappa shape index (κ2) is 19.9. The van der Waals surface area contributed by atoms with Crippen LogP contribution in [-0.4, -0.2) is 102 Å². The van der Waals surface area contributed by atoms with Gasteiger partial charge in [-0.1, -0.05) is 74.5 Å². The summed E-state index contributed by atoms with van der Waals surface area (Å²) in [4.78, 5) is 62.5. The Balaban J connectivity index is 1.79. The van der Waals surface area contributed by atoms with Gasteiger partial charge in [-0.2, -0.15) is 0 Å². The van der Waals surface area contributed by atoms with E-state index in [0.717, 1.165) is 11.1 Å². The summed E-state index contributed by atoms with van der Waals surface area (Å²) in [6.45, 7) is 7.69. The smallest absolute Gasteiger partial charge is 0.245 e. The minimum Gasteiger partial charge on any atom is -0.370 e. The second-order valence-corrected chi connectivity index (χ2v) is 13.1. The fraction of sp³-hybridized carbons (Fsp3) is 0.500. The van der Waals surface area contributed by atoms with Gasteiger partial charge in [-0.25, -0.2) is 0 Å². The highest BCUT2D eigenvalue weighted by Gasteiger charge is 2.33. The molecule has 50 heavy (non-hydrogen) atoms. The molecule has 0 radical (unpaired) electrons. The Morgan fingerprint density at radius 2 is 1.28 bits per heavy atom. The van der Waals surface area contributed by atoms with E-state index in [9.17, 15) is 19.2 Å². The van der Waals surface area contributed by atoms with Gasteiger partial charge in [0.2, 0.25) is 23.6 Å². The number of nitrogens with one attached hydrogen (secondary N) is 4. The van der Waals surface area contributed by atoms with Crippen LogP contribution in [0.5, 0.6) is 0 Å². The fourth-order valence-corrected chi connectivity index (χ4v) is 5.82. The molecule has 0 unspecified atom stereocenters. The highest BCUT2D eigenvalue weighted by atomic mass is 16.2. The van der Waals surface area contributed by atoms with Crippen molar-refractivity contribution in [3.8, 4) is 0 Å². The number of carbonyl (C=O) groups excluding carboxylic acids is 4. The summed E-state index contributed by atoms with van der Waals surface area (Å²) < 4.78 is 0. The predicted octanol–water partition coefficient (Wildman–Crippen LogP) is 0.495. The van der Waals surface area contributed by atoms with Crippen LogP contribution in [-0.2, 0) is 32.0 Å². The maximum absolute atomic E-state index is 13.9. The van der Waals surface area contributed by atoms with Crippen LogP contribution in [0.3, 0.4) is 0 Å². The van der Waals surface area contributed by atoms with E-state index < -0.39 is 41.9 Å². The quantitative estimate of drug-likeness (QED) is 0.0967. The van der Waals surface area contributed by atoms with E-state index in [4.69, 9.17) is 22.6 Å². The molecule has 10 N–H and O–H groups in total. The number of benzene rings is 2. The van der Waals surface area contributed by atoms with Crippen molar-refractivity contribution in [2.45, 2.75) is 77.0 Å². The monoisotopic (exact) mass is 690 g/mol. The number of hydrogen-bond donors (Lipinski definition) is 7. The van der Waals surface area contributed by atoms with E-state index in [1.54, 1.807) is 11.8 Å². The predicted molar refractivity (Wildman–Crippen MR) is 195 cm³/mol. The Morgan fingerprint density at radius 1 is 0.760 bits per heavy atom. The molecule has 0 aromatic heterocycles. The molecule has 4 atom stereocenters. The van der Waals surface area contributed by atoms with Gasteiger partial charge in [-0.15, -0.1) is 0 Å². The third kappa shape index (κ3) is 13.1. The molecule has 2 aromatic rings. The normalized spacial score (nSPS) is 15.5. The zero-order valence-corrected chi connectivity index (χ0v) is 29.4. The maximum atomic E-state index is 13.9. The summed E-state index contributed by atoms with van der Waals surface area (Å²) >= 11 is 0. The minimum absolute atomic E-state index is 0.00394. The van der Waals surface area contributed by atoms with E-state index in [0.29, 0.717) is 38.4 Å². The molecule has 1 heterocycles. The van der Waals surface area contributed by atoms with Gasteiger partial charge in [0.05, 0.1) is 11.9 Å². The number of carbonyl (C=O) groups is 4. The van der Waals surface area contributed by atoms with E-state index >= 15 is 0 Å². The molecule has 1 fully saturated rings. The molecular formula is C36H54N10O4. The number of rotatable bonds is 16. The van der Waals surface area contributed by atoms with Crippen LogP contribution in [0.25, 0.3) is 0 Å². The number of hydrogen-bond acceptors (Lipinski definition) is 7. The molecule has 14 heteroatoms. The molecule has 0 saturated carbocycles. The van der Waals surface area contributed by atoms with Gasteiger partial charge >= 0.3 is 0 Å². The van der Waals surface area contributed by atoms with E-state index in [1.165, 1.54) is 0 Å². The average molecular weight is 691 g/mol. The fourth-order valence-electron chi connectivity index (χ4n) is 5.82.